The van der Waals surface area contributed by atoms with Gasteiger partial charge in [0.1, 0.15) is 0 Å². The van der Waals surface area contributed by atoms with Gasteiger partial charge in [0.2, 0.25) is 0 Å². The molecule has 1 aromatic rings. The molecule has 1 aliphatic heterocycles. The van der Waals surface area contributed by atoms with Gasteiger partial charge in [-0.25, -0.2) is 8.42 Å². The van der Waals surface area contributed by atoms with E-state index in [9.17, 15) is 28.4 Å². The first-order valence-electron chi connectivity index (χ1n) is 5.91. The molecule has 2 rings (SSSR count). The van der Waals surface area contributed by atoms with Gasteiger partial charge in [-0.05, 0) is 18.4 Å². The van der Waals surface area contributed by atoms with Crippen molar-refractivity contribution < 1.29 is 23.2 Å². The Morgan fingerprint density at radius 1 is 1.35 bits per heavy atom. The number of carbonyl (C=O) groups is 1. The summed E-state index contributed by atoms with van der Waals surface area (Å²) < 4.78 is 23.1. The summed E-state index contributed by atoms with van der Waals surface area (Å²) in [6.45, 7) is 0. The smallest absolute Gasteiger partial charge is 0.311 e. The van der Waals surface area contributed by atoms with Crippen LogP contribution >= 0.6 is 0 Å². The number of hydrogen-bond acceptors (Lipinski definition) is 5. The lowest BCUT2D eigenvalue weighted by molar-refractivity contribution is -0.384. The highest BCUT2D eigenvalue weighted by Gasteiger charge is 2.48. The van der Waals surface area contributed by atoms with Gasteiger partial charge in [0.25, 0.3) is 5.69 Å². The van der Waals surface area contributed by atoms with Crippen molar-refractivity contribution in [3.63, 3.8) is 0 Å². The van der Waals surface area contributed by atoms with Gasteiger partial charge in [-0.3, -0.25) is 14.9 Å². The van der Waals surface area contributed by atoms with Crippen LogP contribution in [0, 0.1) is 15.5 Å². The van der Waals surface area contributed by atoms with Crippen LogP contribution in [0.25, 0.3) is 0 Å². The fourth-order valence-electron chi connectivity index (χ4n) is 2.43. The quantitative estimate of drug-likeness (QED) is 0.656. The summed E-state index contributed by atoms with van der Waals surface area (Å²) in [5.74, 6) is -1.66. The van der Waals surface area contributed by atoms with Crippen LogP contribution in [0.1, 0.15) is 12.0 Å². The van der Waals surface area contributed by atoms with Crippen molar-refractivity contribution in [3.8, 4) is 0 Å². The SMILES string of the molecule is O=C(O)C1(Cc2ccc([N+](=O)[O-])cc2)CCS(=O)(=O)C1. The van der Waals surface area contributed by atoms with Gasteiger partial charge in [-0.15, -0.1) is 0 Å². The summed E-state index contributed by atoms with van der Waals surface area (Å²) in [6.07, 6.45) is 0.126. The summed E-state index contributed by atoms with van der Waals surface area (Å²) in [5.41, 5.74) is -0.832. The number of aliphatic carboxylic acids is 1. The van der Waals surface area contributed by atoms with E-state index < -0.39 is 26.1 Å². The predicted octanol–water partition coefficient (Wildman–Crippen LogP) is 1.03. The highest BCUT2D eigenvalue weighted by Crippen LogP contribution is 2.36. The zero-order valence-electron chi connectivity index (χ0n) is 10.5. The van der Waals surface area contributed by atoms with E-state index in [4.69, 9.17) is 0 Å². The third-order valence-corrected chi connectivity index (χ3v) is 5.35. The van der Waals surface area contributed by atoms with Crippen LogP contribution in [-0.2, 0) is 21.1 Å². The molecular formula is C12H13NO6S. The Balaban J connectivity index is 2.26. The number of nitrogens with zero attached hydrogens (tertiary/aromatic N) is 1. The maximum absolute atomic E-state index is 11.5. The Morgan fingerprint density at radius 2 is 1.95 bits per heavy atom. The maximum Gasteiger partial charge on any atom is 0.311 e. The van der Waals surface area contributed by atoms with Gasteiger partial charge in [0, 0.05) is 12.1 Å². The second-order valence-corrected chi connectivity index (χ2v) is 7.21. The van der Waals surface area contributed by atoms with Gasteiger partial charge in [-0.2, -0.15) is 0 Å². The largest absolute Gasteiger partial charge is 0.481 e. The van der Waals surface area contributed by atoms with Crippen LogP contribution in [-0.4, -0.2) is 35.9 Å². The number of nitro benzene ring substituents is 1. The lowest BCUT2D eigenvalue weighted by Gasteiger charge is -2.22. The molecule has 0 bridgehead atoms. The van der Waals surface area contributed by atoms with Crippen LogP contribution in [0.2, 0.25) is 0 Å². The van der Waals surface area contributed by atoms with Crippen molar-refractivity contribution >= 4 is 21.5 Å². The second kappa shape index (κ2) is 4.86. The molecule has 1 unspecified atom stereocenters. The minimum absolute atomic E-state index is 0.0551. The van der Waals surface area contributed by atoms with E-state index >= 15 is 0 Å². The van der Waals surface area contributed by atoms with E-state index in [1.807, 2.05) is 0 Å². The monoisotopic (exact) mass is 299 g/mol. The maximum atomic E-state index is 11.5. The van der Waals surface area contributed by atoms with Gasteiger partial charge in [0.15, 0.2) is 9.84 Å². The van der Waals surface area contributed by atoms with E-state index in [1.54, 1.807) is 0 Å². The van der Waals surface area contributed by atoms with Crippen molar-refractivity contribution in [3.05, 3.63) is 39.9 Å². The van der Waals surface area contributed by atoms with Gasteiger partial charge >= 0.3 is 5.97 Å². The second-order valence-electron chi connectivity index (χ2n) is 5.03. The summed E-state index contributed by atoms with van der Waals surface area (Å²) in [5, 5.41) is 19.9. The van der Waals surface area contributed by atoms with E-state index in [-0.39, 0.29) is 30.0 Å². The molecule has 1 fully saturated rings. The topological polar surface area (TPSA) is 115 Å². The normalized spacial score (nSPS) is 24.4. The zero-order valence-corrected chi connectivity index (χ0v) is 11.3. The average molecular weight is 299 g/mol. The first-order valence-corrected chi connectivity index (χ1v) is 7.73. The Labute approximate surface area is 115 Å². The lowest BCUT2D eigenvalue weighted by Crippen LogP contribution is -2.34. The Hall–Kier alpha value is -1.96. The molecule has 0 saturated carbocycles. The number of non-ortho nitro benzene ring substituents is 1. The fraction of sp³-hybridized carbons (Fsp3) is 0.417. The molecule has 8 heteroatoms. The molecule has 1 saturated heterocycles. The Kier molecular flexibility index (Phi) is 3.51. The predicted molar refractivity (Wildman–Crippen MR) is 70.1 cm³/mol. The fourth-order valence-corrected chi connectivity index (χ4v) is 4.48. The molecular weight excluding hydrogens is 286 g/mol. The number of rotatable bonds is 4. The summed E-state index contributed by atoms with van der Waals surface area (Å²) in [4.78, 5) is 21.4. The van der Waals surface area contributed by atoms with Crippen LogP contribution in [0.3, 0.4) is 0 Å². The molecule has 0 amide bonds. The Bertz CT molecular complexity index is 651. The molecule has 0 aliphatic carbocycles. The van der Waals surface area contributed by atoms with Crippen molar-refractivity contribution in [2.45, 2.75) is 12.8 Å². The highest BCUT2D eigenvalue weighted by atomic mass is 32.2. The lowest BCUT2D eigenvalue weighted by atomic mass is 9.81. The van der Waals surface area contributed by atoms with Crippen LogP contribution in [0.5, 0.6) is 0 Å². The molecule has 1 heterocycles. The van der Waals surface area contributed by atoms with Gasteiger partial charge in [0.05, 0.1) is 21.8 Å². The molecule has 108 valence electrons. The highest BCUT2D eigenvalue weighted by molar-refractivity contribution is 7.91. The summed E-state index contributed by atoms with van der Waals surface area (Å²) >= 11 is 0. The number of carboxylic acid groups (broad SMARTS) is 1. The third-order valence-electron chi connectivity index (χ3n) is 3.53. The molecule has 0 spiro atoms. The minimum Gasteiger partial charge on any atom is -0.481 e. The number of nitro groups is 1. The summed E-state index contributed by atoms with van der Waals surface area (Å²) in [6, 6.07) is 5.50. The van der Waals surface area contributed by atoms with E-state index in [0.717, 1.165) is 0 Å². The molecule has 1 N–H and O–H groups in total. The van der Waals surface area contributed by atoms with Crippen LogP contribution in [0.4, 0.5) is 5.69 Å². The van der Waals surface area contributed by atoms with Crippen molar-refractivity contribution in [1.82, 2.24) is 0 Å². The van der Waals surface area contributed by atoms with Crippen molar-refractivity contribution in [1.29, 1.82) is 0 Å². The van der Waals surface area contributed by atoms with Crippen LogP contribution < -0.4 is 0 Å². The average Bonchev–Trinajstić information content (AvgIpc) is 2.67. The van der Waals surface area contributed by atoms with Gasteiger partial charge < -0.3 is 5.11 Å². The number of sulfone groups is 1. The summed E-state index contributed by atoms with van der Waals surface area (Å²) in [7, 11) is -3.33. The molecule has 1 aromatic carbocycles. The molecule has 0 radical (unpaired) electrons. The molecule has 0 aromatic heterocycles. The van der Waals surface area contributed by atoms with E-state index in [1.165, 1.54) is 24.3 Å². The van der Waals surface area contributed by atoms with E-state index in [2.05, 4.69) is 0 Å². The molecule has 1 aliphatic rings. The molecule has 1 atom stereocenters. The van der Waals surface area contributed by atoms with E-state index in [0.29, 0.717) is 5.56 Å². The first-order chi connectivity index (χ1) is 9.24. The number of hydrogen-bond donors (Lipinski definition) is 1. The van der Waals surface area contributed by atoms with Crippen molar-refractivity contribution in [2.24, 2.45) is 5.41 Å². The van der Waals surface area contributed by atoms with Crippen molar-refractivity contribution in [2.75, 3.05) is 11.5 Å². The zero-order chi connectivity index (χ0) is 15.0. The first kappa shape index (κ1) is 14.4. The van der Waals surface area contributed by atoms with Gasteiger partial charge in [-0.1, -0.05) is 12.1 Å². The molecule has 20 heavy (non-hydrogen) atoms. The third kappa shape index (κ3) is 2.79. The minimum atomic E-state index is -3.33. The standard InChI is InChI=1S/C12H13NO6S/c14-11(15)12(5-6-20(18,19)8-12)7-9-1-3-10(4-2-9)13(16)17/h1-4H,5-8H2,(H,14,15). The Morgan fingerprint density at radius 3 is 2.35 bits per heavy atom. The number of carboxylic acids is 1. The molecule has 7 nitrogen and oxygen atoms in total. The number of benzene rings is 1. The van der Waals surface area contributed by atoms with Crippen LogP contribution in [0.15, 0.2) is 24.3 Å².